The molecule has 1 amide bonds. The Morgan fingerprint density at radius 1 is 1.09 bits per heavy atom. The maximum Gasteiger partial charge on any atom is 0.243 e. The number of benzene rings is 1. The molecule has 1 aromatic rings. The van der Waals surface area contributed by atoms with E-state index in [1.807, 2.05) is 0 Å². The highest BCUT2D eigenvalue weighted by Crippen LogP contribution is 2.24. The van der Waals surface area contributed by atoms with Gasteiger partial charge in [-0.1, -0.05) is 0 Å². The zero-order chi connectivity index (χ0) is 16.5. The van der Waals surface area contributed by atoms with Crippen molar-refractivity contribution in [2.24, 2.45) is 16.8 Å². The summed E-state index contributed by atoms with van der Waals surface area (Å²) in [6.45, 7) is 0.331. The van der Waals surface area contributed by atoms with E-state index in [1.165, 1.54) is 16.4 Å². The van der Waals surface area contributed by atoms with Crippen LogP contribution in [-0.4, -0.2) is 40.1 Å². The van der Waals surface area contributed by atoms with Gasteiger partial charge >= 0.3 is 0 Å². The Morgan fingerprint density at radius 3 is 2.14 bits per heavy atom. The van der Waals surface area contributed by atoms with E-state index in [0.717, 1.165) is 12.1 Å². The fraction of sp³-hybridized carbons (Fsp3) is 0.417. The molecule has 0 unspecified atom stereocenters. The largest absolute Gasteiger partial charge is 0.369 e. The topological polar surface area (TPSA) is 141 Å². The molecule has 0 spiro atoms. The minimum Gasteiger partial charge on any atom is -0.369 e. The fourth-order valence-corrected chi connectivity index (χ4v) is 4.38. The molecule has 1 heterocycles. The van der Waals surface area contributed by atoms with Crippen molar-refractivity contribution in [3.05, 3.63) is 24.3 Å². The number of piperidine rings is 1. The summed E-state index contributed by atoms with van der Waals surface area (Å²) in [5, 5.41) is 4.97. The van der Waals surface area contributed by atoms with Crippen LogP contribution in [-0.2, 0) is 24.8 Å². The molecular weight excluding hydrogens is 330 g/mol. The summed E-state index contributed by atoms with van der Waals surface area (Å²) >= 11 is 0. The highest BCUT2D eigenvalue weighted by Gasteiger charge is 2.32. The van der Waals surface area contributed by atoms with Crippen LogP contribution >= 0.6 is 0 Å². The summed E-state index contributed by atoms with van der Waals surface area (Å²) in [4.78, 5) is 11.0. The molecule has 0 saturated carbocycles. The maximum atomic E-state index is 12.5. The van der Waals surface area contributed by atoms with Gasteiger partial charge in [0.05, 0.1) is 15.7 Å². The molecular formula is C12H17N3O5S2. The molecule has 1 saturated heterocycles. The van der Waals surface area contributed by atoms with Crippen LogP contribution in [0.5, 0.6) is 0 Å². The van der Waals surface area contributed by atoms with Crippen molar-refractivity contribution in [3.8, 4) is 0 Å². The van der Waals surface area contributed by atoms with Crippen LogP contribution in [0.3, 0.4) is 0 Å². The molecule has 1 aliphatic heterocycles. The number of sulfonamides is 2. The smallest absolute Gasteiger partial charge is 0.243 e. The Hall–Kier alpha value is -1.49. The van der Waals surface area contributed by atoms with Crippen LogP contribution in [0.25, 0.3) is 0 Å². The predicted molar refractivity (Wildman–Crippen MR) is 78.5 cm³/mol. The van der Waals surface area contributed by atoms with Crippen molar-refractivity contribution >= 4 is 26.0 Å². The molecule has 8 nitrogen and oxygen atoms in total. The standard InChI is InChI=1S/C12H17N3O5S2/c13-12(16)9-2-1-7-15(8-9)22(19,20)11-5-3-10(4-6-11)21(14,17)18/h3-6,9H,1-2,7-8H2,(H2,13,16)(H2,14,17,18)/t9-/m0/s1. The van der Waals surface area contributed by atoms with Gasteiger partial charge in [0.2, 0.25) is 26.0 Å². The van der Waals surface area contributed by atoms with E-state index in [-0.39, 0.29) is 16.3 Å². The lowest BCUT2D eigenvalue weighted by Gasteiger charge is -2.30. The zero-order valence-electron chi connectivity index (χ0n) is 11.7. The van der Waals surface area contributed by atoms with E-state index in [0.29, 0.717) is 19.4 Å². The third-order valence-corrected chi connectivity index (χ3v) is 6.39. The zero-order valence-corrected chi connectivity index (χ0v) is 13.3. The van der Waals surface area contributed by atoms with Crippen LogP contribution in [0, 0.1) is 5.92 Å². The van der Waals surface area contributed by atoms with Crippen LogP contribution in [0.1, 0.15) is 12.8 Å². The van der Waals surface area contributed by atoms with Crippen LogP contribution < -0.4 is 10.9 Å². The summed E-state index contributed by atoms with van der Waals surface area (Å²) in [6.07, 6.45) is 1.10. The molecule has 1 fully saturated rings. The fourth-order valence-electron chi connectivity index (χ4n) is 2.34. The van der Waals surface area contributed by atoms with Crippen LogP contribution in [0.15, 0.2) is 34.1 Å². The Kier molecular flexibility index (Phi) is 4.57. The number of nitrogens with two attached hydrogens (primary N) is 2. The Morgan fingerprint density at radius 2 is 1.64 bits per heavy atom. The molecule has 1 aliphatic rings. The first kappa shape index (κ1) is 16.9. The van der Waals surface area contributed by atoms with E-state index < -0.39 is 31.9 Å². The van der Waals surface area contributed by atoms with E-state index in [9.17, 15) is 21.6 Å². The summed E-state index contributed by atoms with van der Waals surface area (Å²) in [6, 6.07) is 4.64. The first-order chi connectivity index (χ1) is 10.1. The lowest BCUT2D eigenvalue weighted by atomic mass is 9.99. The minimum absolute atomic E-state index is 0.0363. The Labute approximate surface area is 129 Å². The van der Waals surface area contributed by atoms with Gasteiger partial charge in [-0.05, 0) is 37.1 Å². The average Bonchev–Trinajstić information content (AvgIpc) is 2.46. The number of hydrogen-bond donors (Lipinski definition) is 2. The van der Waals surface area contributed by atoms with Crippen molar-refractivity contribution in [1.82, 2.24) is 4.31 Å². The molecule has 122 valence electrons. The summed E-state index contributed by atoms with van der Waals surface area (Å²) < 4.78 is 48.6. The van der Waals surface area contributed by atoms with E-state index in [2.05, 4.69) is 0 Å². The van der Waals surface area contributed by atoms with Gasteiger partial charge in [-0.3, -0.25) is 4.79 Å². The highest BCUT2D eigenvalue weighted by atomic mass is 32.2. The lowest BCUT2D eigenvalue weighted by molar-refractivity contribution is -0.122. The second-order valence-corrected chi connectivity index (χ2v) is 8.62. The normalized spacial score (nSPS) is 20.7. The first-order valence-electron chi connectivity index (χ1n) is 6.54. The number of primary sulfonamides is 1. The SMILES string of the molecule is NC(=O)[C@H]1CCCN(S(=O)(=O)c2ccc(S(N)(=O)=O)cc2)C1. The number of primary amides is 1. The third kappa shape index (κ3) is 3.46. The summed E-state index contributed by atoms with van der Waals surface area (Å²) in [5.41, 5.74) is 5.24. The van der Waals surface area contributed by atoms with Crippen molar-refractivity contribution < 1.29 is 21.6 Å². The number of rotatable bonds is 4. The van der Waals surface area contributed by atoms with Gasteiger partial charge in [0.15, 0.2) is 0 Å². The van der Waals surface area contributed by atoms with Crippen molar-refractivity contribution in [1.29, 1.82) is 0 Å². The molecule has 1 atom stereocenters. The first-order valence-corrected chi connectivity index (χ1v) is 9.53. The van der Waals surface area contributed by atoms with Gasteiger partial charge in [0.25, 0.3) is 0 Å². The van der Waals surface area contributed by atoms with Gasteiger partial charge in [-0.15, -0.1) is 0 Å². The molecule has 22 heavy (non-hydrogen) atoms. The number of nitrogens with zero attached hydrogens (tertiary/aromatic N) is 1. The van der Waals surface area contributed by atoms with Gasteiger partial charge in [-0.2, -0.15) is 4.31 Å². The highest BCUT2D eigenvalue weighted by molar-refractivity contribution is 7.89. The molecule has 4 N–H and O–H groups in total. The molecule has 0 radical (unpaired) electrons. The van der Waals surface area contributed by atoms with Gasteiger partial charge in [0.1, 0.15) is 0 Å². The number of amides is 1. The minimum atomic E-state index is -3.88. The number of carbonyl (C=O) groups excluding carboxylic acids is 1. The van der Waals surface area contributed by atoms with Crippen molar-refractivity contribution in [2.75, 3.05) is 13.1 Å². The predicted octanol–water partition coefficient (Wildman–Crippen LogP) is -0.780. The summed E-state index contributed by atoms with van der Waals surface area (Å²) in [7, 11) is -7.68. The van der Waals surface area contributed by atoms with E-state index in [4.69, 9.17) is 10.9 Å². The third-order valence-electron chi connectivity index (χ3n) is 3.58. The lowest BCUT2D eigenvalue weighted by Crippen LogP contribution is -2.44. The number of carbonyl (C=O) groups is 1. The van der Waals surface area contributed by atoms with E-state index in [1.54, 1.807) is 0 Å². The van der Waals surface area contributed by atoms with Crippen molar-refractivity contribution in [3.63, 3.8) is 0 Å². The van der Waals surface area contributed by atoms with Gasteiger partial charge in [0, 0.05) is 13.1 Å². The molecule has 1 aromatic carbocycles. The quantitative estimate of drug-likeness (QED) is 0.735. The maximum absolute atomic E-state index is 12.5. The Balaban J connectivity index is 2.28. The molecule has 2 rings (SSSR count). The van der Waals surface area contributed by atoms with Crippen LogP contribution in [0.2, 0.25) is 0 Å². The van der Waals surface area contributed by atoms with E-state index >= 15 is 0 Å². The number of hydrogen-bond acceptors (Lipinski definition) is 5. The molecule has 0 bridgehead atoms. The summed E-state index contributed by atoms with van der Waals surface area (Å²) in [5.74, 6) is -1.03. The molecule has 10 heteroatoms. The van der Waals surface area contributed by atoms with Gasteiger partial charge < -0.3 is 5.73 Å². The average molecular weight is 347 g/mol. The van der Waals surface area contributed by atoms with Crippen molar-refractivity contribution in [2.45, 2.75) is 22.6 Å². The van der Waals surface area contributed by atoms with Gasteiger partial charge in [-0.25, -0.2) is 22.0 Å². The van der Waals surface area contributed by atoms with Crippen LogP contribution in [0.4, 0.5) is 0 Å². The molecule has 0 aromatic heterocycles. The molecule has 0 aliphatic carbocycles. The Bertz CT molecular complexity index is 771. The second-order valence-electron chi connectivity index (χ2n) is 5.12. The monoisotopic (exact) mass is 347 g/mol. The second kappa shape index (κ2) is 5.95.